The molecule has 7 heteroatoms. The van der Waals surface area contributed by atoms with Gasteiger partial charge in [-0.05, 0) is 28.9 Å². The van der Waals surface area contributed by atoms with Gasteiger partial charge >= 0.3 is 0 Å². The lowest BCUT2D eigenvalue weighted by Crippen LogP contribution is -2.26. The van der Waals surface area contributed by atoms with Crippen LogP contribution >= 0.6 is 27.3 Å². The van der Waals surface area contributed by atoms with E-state index in [0.29, 0.717) is 17.9 Å². The van der Waals surface area contributed by atoms with E-state index in [9.17, 15) is 4.79 Å². The summed E-state index contributed by atoms with van der Waals surface area (Å²) in [4.78, 5) is 17.8. The van der Waals surface area contributed by atoms with E-state index in [0.717, 1.165) is 9.61 Å². The Morgan fingerprint density at radius 3 is 2.94 bits per heavy atom. The van der Waals surface area contributed by atoms with Gasteiger partial charge < -0.3 is 4.90 Å². The number of halogens is 1. The highest BCUT2D eigenvalue weighted by Gasteiger charge is 2.15. The zero-order chi connectivity index (χ0) is 12.4. The Hall–Kier alpha value is -1.21. The number of carbonyl (C=O) groups excluding carboxylic acids is 1. The average Bonchev–Trinajstić information content (AvgIpc) is 2.87. The summed E-state index contributed by atoms with van der Waals surface area (Å²) in [6.45, 7) is 2.23. The third-order valence-electron chi connectivity index (χ3n) is 2.18. The molecule has 0 aliphatic carbocycles. The van der Waals surface area contributed by atoms with Crippen molar-refractivity contribution in [3.63, 3.8) is 0 Å². The average molecular weight is 315 g/mol. The first-order valence-electron chi connectivity index (χ1n) is 4.93. The fourth-order valence-corrected chi connectivity index (χ4v) is 2.52. The molecule has 0 aliphatic rings. The van der Waals surface area contributed by atoms with Gasteiger partial charge in [0, 0.05) is 12.4 Å². The number of nitrogens with zero attached hydrogens (tertiary/aromatic N) is 3. The van der Waals surface area contributed by atoms with Crippen LogP contribution in [-0.4, -0.2) is 33.0 Å². The zero-order valence-corrected chi connectivity index (χ0v) is 11.8. The molecule has 0 bridgehead atoms. The van der Waals surface area contributed by atoms with Gasteiger partial charge in [0.05, 0.1) is 15.9 Å². The second-order valence-corrected chi connectivity index (χ2v) is 5.93. The van der Waals surface area contributed by atoms with Crippen LogP contribution in [0.1, 0.15) is 22.0 Å². The van der Waals surface area contributed by atoms with Crippen molar-refractivity contribution in [2.75, 3.05) is 7.05 Å². The van der Waals surface area contributed by atoms with Gasteiger partial charge in [-0.3, -0.25) is 9.89 Å². The lowest BCUT2D eigenvalue weighted by molar-refractivity contribution is 0.0782. The lowest BCUT2D eigenvalue weighted by atomic mass is 10.3. The Bertz CT molecular complexity index is 536. The van der Waals surface area contributed by atoms with E-state index < -0.39 is 0 Å². The number of aryl methyl sites for hydroxylation is 1. The predicted molar refractivity (Wildman–Crippen MR) is 68.9 cm³/mol. The highest BCUT2D eigenvalue weighted by atomic mass is 79.9. The van der Waals surface area contributed by atoms with Crippen molar-refractivity contribution in [1.82, 2.24) is 20.1 Å². The van der Waals surface area contributed by atoms with Crippen LogP contribution in [0.2, 0.25) is 0 Å². The van der Waals surface area contributed by atoms with E-state index >= 15 is 0 Å². The number of hydrogen-bond acceptors (Lipinski definition) is 4. The normalized spacial score (nSPS) is 10.5. The predicted octanol–water partition coefficient (Wildman–Crippen LogP) is 2.21. The molecule has 0 atom stereocenters. The Balaban J connectivity index is 2.05. The Kier molecular flexibility index (Phi) is 3.58. The van der Waals surface area contributed by atoms with Crippen LogP contribution in [0.3, 0.4) is 0 Å². The molecule has 2 aromatic heterocycles. The van der Waals surface area contributed by atoms with Crippen LogP contribution in [0, 0.1) is 6.92 Å². The first kappa shape index (κ1) is 12.3. The van der Waals surface area contributed by atoms with E-state index in [2.05, 4.69) is 31.1 Å². The number of H-pyrrole nitrogens is 1. The number of thiophene rings is 1. The number of aromatic nitrogens is 3. The van der Waals surface area contributed by atoms with Crippen LogP contribution in [0.25, 0.3) is 0 Å². The number of amides is 1. The van der Waals surface area contributed by atoms with Crippen molar-refractivity contribution in [2.45, 2.75) is 13.5 Å². The van der Waals surface area contributed by atoms with Crippen molar-refractivity contribution < 1.29 is 4.79 Å². The summed E-state index contributed by atoms with van der Waals surface area (Å²) in [5, 5.41) is 8.58. The highest BCUT2D eigenvalue weighted by molar-refractivity contribution is 9.11. The molecule has 0 saturated heterocycles. The standard InChI is InChI=1S/C10H11BrN4OS/c1-6-12-9(14-13-6)4-15(2)10(16)7-3-8(11)17-5-7/h3,5H,4H2,1-2H3,(H,12,13,14). The summed E-state index contributed by atoms with van der Waals surface area (Å²) < 4.78 is 0.947. The molecular formula is C10H11BrN4OS. The highest BCUT2D eigenvalue weighted by Crippen LogP contribution is 2.21. The van der Waals surface area contributed by atoms with Gasteiger partial charge in [-0.15, -0.1) is 11.3 Å². The maximum atomic E-state index is 12.0. The van der Waals surface area contributed by atoms with E-state index in [-0.39, 0.29) is 5.91 Å². The number of nitrogens with one attached hydrogen (secondary N) is 1. The molecule has 0 radical (unpaired) electrons. The molecule has 1 N–H and O–H groups in total. The molecule has 0 spiro atoms. The molecule has 0 fully saturated rings. The van der Waals surface area contributed by atoms with Crippen LogP contribution in [0.4, 0.5) is 0 Å². The third kappa shape index (κ3) is 2.92. The van der Waals surface area contributed by atoms with Crippen LogP contribution < -0.4 is 0 Å². The van der Waals surface area contributed by atoms with E-state index in [4.69, 9.17) is 0 Å². The van der Waals surface area contributed by atoms with Crippen molar-refractivity contribution in [3.05, 3.63) is 32.4 Å². The quantitative estimate of drug-likeness (QED) is 0.944. The first-order valence-corrected chi connectivity index (χ1v) is 6.61. The topological polar surface area (TPSA) is 61.9 Å². The summed E-state index contributed by atoms with van der Waals surface area (Å²) in [5.41, 5.74) is 0.677. The van der Waals surface area contributed by atoms with E-state index in [1.54, 1.807) is 11.9 Å². The summed E-state index contributed by atoms with van der Waals surface area (Å²) in [5.74, 6) is 1.33. The molecule has 2 heterocycles. The second-order valence-electron chi connectivity index (χ2n) is 3.64. The fourth-order valence-electron chi connectivity index (χ4n) is 1.39. The zero-order valence-electron chi connectivity index (χ0n) is 9.40. The van der Waals surface area contributed by atoms with Crippen molar-refractivity contribution in [1.29, 1.82) is 0 Å². The smallest absolute Gasteiger partial charge is 0.254 e. The molecule has 1 amide bonds. The summed E-state index contributed by atoms with van der Waals surface area (Å²) in [6, 6.07) is 1.81. The van der Waals surface area contributed by atoms with Gasteiger partial charge in [0.1, 0.15) is 5.82 Å². The van der Waals surface area contributed by atoms with Gasteiger partial charge in [0.2, 0.25) is 0 Å². The Morgan fingerprint density at radius 2 is 2.41 bits per heavy atom. The monoisotopic (exact) mass is 314 g/mol. The lowest BCUT2D eigenvalue weighted by Gasteiger charge is -2.13. The summed E-state index contributed by atoms with van der Waals surface area (Å²) in [6.07, 6.45) is 0. The molecule has 0 aromatic carbocycles. The van der Waals surface area contributed by atoms with Gasteiger partial charge in [0.15, 0.2) is 5.82 Å². The minimum atomic E-state index is -0.0330. The summed E-state index contributed by atoms with van der Waals surface area (Å²) >= 11 is 4.83. The van der Waals surface area contributed by atoms with Gasteiger partial charge in [0.25, 0.3) is 5.91 Å². The van der Waals surface area contributed by atoms with E-state index in [1.807, 2.05) is 18.4 Å². The minimum absolute atomic E-state index is 0.0330. The third-order valence-corrected chi connectivity index (χ3v) is 3.69. The molecule has 17 heavy (non-hydrogen) atoms. The number of aromatic amines is 1. The SMILES string of the molecule is Cc1nc(CN(C)C(=O)c2csc(Br)c2)n[nH]1. The molecule has 2 aromatic rings. The Labute approximate surface area is 111 Å². The van der Waals surface area contributed by atoms with Gasteiger partial charge in [-0.2, -0.15) is 5.10 Å². The van der Waals surface area contributed by atoms with Crippen LogP contribution in [-0.2, 0) is 6.54 Å². The maximum absolute atomic E-state index is 12.0. The largest absolute Gasteiger partial charge is 0.334 e. The minimum Gasteiger partial charge on any atom is -0.334 e. The molecule has 0 unspecified atom stereocenters. The summed E-state index contributed by atoms with van der Waals surface area (Å²) in [7, 11) is 1.74. The number of rotatable bonds is 3. The number of hydrogen-bond donors (Lipinski definition) is 1. The molecule has 0 saturated carbocycles. The maximum Gasteiger partial charge on any atom is 0.254 e. The molecule has 5 nitrogen and oxygen atoms in total. The van der Waals surface area contributed by atoms with Crippen LogP contribution in [0.5, 0.6) is 0 Å². The Morgan fingerprint density at radius 1 is 1.65 bits per heavy atom. The molecule has 90 valence electrons. The van der Waals surface area contributed by atoms with Gasteiger partial charge in [-0.1, -0.05) is 0 Å². The second kappa shape index (κ2) is 4.97. The van der Waals surface area contributed by atoms with Crippen molar-refractivity contribution in [2.24, 2.45) is 0 Å². The van der Waals surface area contributed by atoms with Gasteiger partial charge in [-0.25, -0.2) is 4.98 Å². The number of carbonyl (C=O) groups is 1. The molecular weight excluding hydrogens is 304 g/mol. The fraction of sp³-hybridized carbons (Fsp3) is 0.300. The van der Waals surface area contributed by atoms with Crippen molar-refractivity contribution in [3.8, 4) is 0 Å². The van der Waals surface area contributed by atoms with Crippen molar-refractivity contribution >= 4 is 33.2 Å². The van der Waals surface area contributed by atoms with Crippen LogP contribution in [0.15, 0.2) is 15.2 Å². The molecule has 2 rings (SSSR count). The molecule has 0 aliphatic heterocycles. The van der Waals surface area contributed by atoms with E-state index in [1.165, 1.54) is 11.3 Å². The first-order chi connectivity index (χ1) is 8.06.